The van der Waals surface area contributed by atoms with Crippen LogP contribution in [-0.2, 0) is 22.7 Å². The standard InChI is InChI=1S/C32H34N4O5/c37-23-4-2-21(14-23)28-8-3-20-13-19(1-7-27(20)33-28)16-35-12-11-25(18-35)41-24-5-6-26-22(15-24)17-36(32(26)40)29-9-10-30(38)34-31(29)39/h1,3,5-8,13,15,21,23,25,29,37H,2,4,9-12,14,16-18H2,(H,34,38,39)/t21-,23-,25+,29?/m1/s1. The minimum absolute atomic E-state index is 0.0582. The van der Waals surface area contributed by atoms with E-state index in [9.17, 15) is 19.5 Å². The van der Waals surface area contributed by atoms with Crippen LogP contribution in [0.5, 0.6) is 5.75 Å². The van der Waals surface area contributed by atoms with Crippen LogP contribution >= 0.6 is 0 Å². The first-order chi connectivity index (χ1) is 19.9. The van der Waals surface area contributed by atoms with Gasteiger partial charge in [0.2, 0.25) is 11.8 Å². The Morgan fingerprint density at radius 2 is 1.90 bits per heavy atom. The van der Waals surface area contributed by atoms with E-state index >= 15 is 0 Å². The zero-order chi connectivity index (χ0) is 28.1. The highest BCUT2D eigenvalue weighted by Crippen LogP contribution is 2.34. The third-order valence-electron chi connectivity index (χ3n) is 9.03. The Morgan fingerprint density at radius 3 is 2.73 bits per heavy atom. The topological polar surface area (TPSA) is 112 Å². The number of rotatable bonds is 6. The number of amides is 3. The van der Waals surface area contributed by atoms with Gasteiger partial charge in [0.1, 0.15) is 17.9 Å². The van der Waals surface area contributed by atoms with Crippen LogP contribution in [0.2, 0.25) is 0 Å². The smallest absolute Gasteiger partial charge is 0.255 e. The molecule has 0 bridgehead atoms. The normalized spacial score (nSPS) is 26.6. The first kappa shape index (κ1) is 26.1. The predicted molar refractivity (Wildman–Crippen MR) is 151 cm³/mol. The minimum atomic E-state index is -0.616. The molecule has 3 amide bonds. The van der Waals surface area contributed by atoms with Crippen molar-refractivity contribution in [1.29, 1.82) is 0 Å². The van der Waals surface area contributed by atoms with E-state index in [0.717, 1.165) is 73.2 Å². The van der Waals surface area contributed by atoms with Gasteiger partial charge in [0.25, 0.3) is 5.91 Å². The lowest BCUT2D eigenvalue weighted by atomic mass is 10.0. The number of aromatic nitrogens is 1. The largest absolute Gasteiger partial charge is 0.489 e. The molecule has 3 aliphatic heterocycles. The number of nitrogens with one attached hydrogen (secondary N) is 1. The van der Waals surface area contributed by atoms with Gasteiger partial charge < -0.3 is 14.7 Å². The third kappa shape index (κ3) is 5.20. The maximum Gasteiger partial charge on any atom is 0.255 e. The lowest BCUT2D eigenvalue weighted by molar-refractivity contribution is -0.136. The Morgan fingerprint density at radius 1 is 1.00 bits per heavy atom. The summed E-state index contributed by atoms with van der Waals surface area (Å²) in [7, 11) is 0. The molecule has 41 heavy (non-hydrogen) atoms. The number of aliphatic hydroxyl groups excluding tert-OH is 1. The Hall–Kier alpha value is -3.82. The summed E-state index contributed by atoms with van der Waals surface area (Å²) < 4.78 is 6.34. The van der Waals surface area contributed by atoms with E-state index in [4.69, 9.17) is 9.72 Å². The molecular formula is C32H34N4O5. The number of pyridine rings is 1. The Bertz CT molecular complexity index is 1540. The van der Waals surface area contributed by atoms with Gasteiger partial charge >= 0.3 is 0 Å². The monoisotopic (exact) mass is 554 g/mol. The van der Waals surface area contributed by atoms with Gasteiger partial charge in [-0.1, -0.05) is 12.1 Å². The number of carbonyl (C=O) groups excluding carboxylic acids is 3. The number of hydrogen-bond acceptors (Lipinski definition) is 7. The molecule has 1 aromatic heterocycles. The van der Waals surface area contributed by atoms with Crippen LogP contribution in [0.4, 0.5) is 0 Å². The summed E-state index contributed by atoms with van der Waals surface area (Å²) in [4.78, 5) is 45.7. The summed E-state index contributed by atoms with van der Waals surface area (Å²) in [6.45, 7) is 2.94. The lowest BCUT2D eigenvalue weighted by Crippen LogP contribution is -2.52. The van der Waals surface area contributed by atoms with Crippen LogP contribution < -0.4 is 10.1 Å². The van der Waals surface area contributed by atoms with Gasteiger partial charge in [-0.3, -0.25) is 29.6 Å². The van der Waals surface area contributed by atoms with E-state index in [1.54, 1.807) is 11.0 Å². The molecule has 1 unspecified atom stereocenters. The molecule has 4 heterocycles. The van der Waals surface area contributed by atoms with Crippen molar-refractivity contribution < 1.29 is 24.2 Å². The summed E-state index contributed by atoms with van der Waals surface area (Å²) >= 11 is 0. The maximum absolute atomic E-state index is 13.0. The zero-order valence-corrected chi connectivity index (χ0v) is 22.9. The molecule has 2 aromatic carbocycles. The number of fused-ring (bicyclic) bond motifs is 2. The van der Waals surface area contributed by atoms with E-state index in [0.29, 0.717) is 24.4 Å². The summed E-state index contributed by atoms with van der Waals surface area (Å²) in [5, 5.41) is 13.4. The highest BCUT2D eigenvalue weighted by molar-refractivity contribution is 6.05. The van der Waals surface area contributed by atoms with Crippen LogP contribution in [0.15, 0.2) is 48.5 Å². The van der Waals surface area contributed by atoms with Crippen LogP contribution in [0.1, 0.15) is 71.6 Å². The highest BCUT2D eigenvalue weighted by atomic mass is 16.5. The van der Waals surface area contributed by atoms with Gasteiger partial charge in [-0.25, -0.2) is 0 Å². The van der Waals surface area contributed by atoms with Crippen LogP contribution in [-0.4, -0.2) is 69.0 Å². The molecule has 9 nitrogen and oxygen atoms in total. The first-order valence-corrected chi connectivity index (χ1v) is 14.6. The minimum Gasteiger partial charge on any atom is -0.489 e. The summed E-state index contributed by atoms with van der Waals surface area (Å²) in [6.07, 6.45) is 4.04. The van der Waals surface area contributed by atoms with Crippen molar-refractivity contribution in [2.24, 2.45) is 0 Å². The number of imide groups is 1. The number of carbonyl (C=O) groups is 3. The average molecular weight is 555 g/mol. The van der Waals surface area contributed by atoms with Crippen molar-refractivity contribution in [3.8, 4) is 5.75 Å². The molecule has 9 heteroatoms. The fraction of sp³-hybridized carbons (Fsp3) is 0.438. The van der Waals surface area contributed by atoms with Crippen molar-refractivity contribution in [1.82, 2.24) is 20.1 Å². The molecule has 212 valence electrons. The van der Waals surface area contributed by atoms with Gasteiger partial charge in [-0.15, -0.1) is 0 Å². The fourth-order valence-electron chi connectivity index (χ4n) is 6.85. The van der Waals surface area contributed by atoms with E-state index < -0.39 is 11.9 Å². The Labute approximate surface area is 238 Å². The van der Waals surface area contributed by atoms with Crippen molar-refractivity contribution in [3.05, 3.63) is 70.9 Å². The second kappa shape index (κ2) is 10.5. The molecule has 7 rings (SSSR count). The number of ether oxygens (including phenoxy) is 1. The molecule has 2 saturated heterocycles. The van der Waals surface area contributed by atoms with Gasteiger partial charge in [0, 0.05) is 55.2 Å². The van der Waals surface area contributed by atoms with Gasteiger partial charge in [0.15, 0.2) is 0 Å². The van der Waals surface area contributed by atoms with E-state index in [1.807, 2.05) is 12.1 Å². The summed E-state index contributed by atoms with van der Waals surface area (Å²) in [5.74, 6) is 0.223. The number of nitrogens with zero attached hydrogens (tertiary/aromatic N) is 3. The number of aliphatic hydroxyl groups is 1. The highest BCUT2D eigenvalue weighted by Gasteiger charge is 2.39. The van der Waals surface area contributed by atoms with E-state index in [1.165, 1.54) is 5.56 Å². The van der Waals surface area contributed by atoms with Gasteiger partial charge in [-0.05, 0) is 79.6 Å². The second-order valence-corrected chi connectivity index (χ2v) is 11.9. The summed E-state index contributed by atoms with van der Waals surface area (Å²) in [5.41, 5.74) is 4.77. The van der Waals surface area contributed by atoms with Gasteiger partial charge in [-0.2, -0.15) is 0 Å². The average Bonchev–Trinajstić information content (AvgIpc) is 3.67. The first-order valence-electron chi connectivity index (χ1n) is 14.6. The lowest BCUT2D eigenvalue weighted by Gasteiger charge is -2.29. The van der Waals surface area contributed by atoms with Crippen LogP contribution in [0, 0.1) is 0 Å². The van der Waals surface area contributed by atoms with Gasteiger partial charge in [0.05, 0.1) is 11.6 Å². The molecule has 4 atom stereocenters. The quantitative estimate of drug-likeness (QED) is 0.450. The molecular weight excluding hydrogens is 520 g/mol. The molecule has 0 radical (unpaired) electrons. The molecule has 0 spiro atoms. The number of piperidine rings is 1. The molecule has 4 aliphatic rings. The van der Waals surface area contributed by atoms with Crippen LogP contribution in [0.3, 0.4) is 0 Å². The Balaban J connectivity index is 0.960. The van der Waals surface area contributed by atoms with Crippen molar-refractivity contribution in [2.45, 2.75) is 75.8 Å². The Kier molecular flexibility index (Phi) is 6.71. The maximum atomic E-state index is 13.0. The second-order valence-electron chi connectivity index (χ2n) is 11.9. The van der Waals surface area contributed by atoms with Crippen LogP contribution in [0.25, 0.3) is 10.9 Å². The van der Waals surface area contributed by atoms with Crippen molar-refractivity contribution in [3.63, 3.8) is 0 Å². The number of hydrogen-bond donors (Lipinski definition) is 2. The van der Waals surface area contributed by atoms with E-state index in [-0.39, 0.29) is 30.4 Å². The zero-order valence-electron chi connectivity index (χ0n) is 22.9. The van der Waals surface area contributed by atoms with Crippen molar-refractivity contribution >= 4 is 28.6 Å². The number of benzene rings is 2. The molecule has 1 saturated carbocycles. The number of likely N-dealkylation sites (tertiary alicyclic amines) is 1. The van der Waals surface area contributed by atoms with E-state index in [2.05, 4.69) is 40.5 Å². The molecule has 2 N–H and O–H groups in total. The molecule has 1 aliphatic carbocycles. The predicted octanol–water partition coefficient (Wildman–Crippen LogP) is 3.28. The SMILES string of the molecule is O=C1CCC(N2Cc3cc(O[C@H]4CCN(Cc5ccc6nc([C@@H]7CC[C@@H](O)C7)ccc6c5)C4)ccc3C2=O)C(=O)N1. The van der Waals surface area contributed by atoms with Crippen molar-refractivity contribution in [2.75, 3.05) is 13.1 Å². The molecule has 3 fully saturated rings. The molecule has 3 aromatic rings. The summed E-state index contributed by atoms with van der Waals surface area (Å²) in [6, 6.07) is 15.7. The third-order valence-corrected chi connectivity index (χ3v) is 9.03. The fourth-order valence-corrected chi connectivity index (χ4v) is 6.85.